The van der Waals surface area contributed by atoms with Gasteiger partial charge in [0.15, 0.2) is 0 Å². The average molecular weight is 266 g/mol. The van der Waals surface area contributed by atoms with Crippen molar-refractivity contribution in [2.45, 2.75) is 13.8 Å². The van der Waals surface area contributed by atoms with Gasteiger partial charge in [0, 0.05) is 30.8 Å². The first kappa shape index (κ1) is 15.1. The number of nitro benzene ring substituents is 1. The first-order valence-corrected chi connectivity index (χ1v) is 5.85. The van der Waals surface area contributed by atoms with Crippen molar-refractivity contribution in [3.8, 4) is 0 Å². The Labute approximate surface area is 110 Å². The molecule has 102 valence electrons. The monoisotopic (exact) mass is 266 g/mol. The van der Waals surface area contributed by atoms with Gasteiger partial charge in [-0.1, -0.05) is 0 Å². The lowest BCUT2D eigenvalue weighted by Gasteiger charge is -2.18. The fourth-order valence-corrected chi connectivity index (χ4v) is 1.71. The molecule has 1 rings (SSSR count). The number of hydrogen-bond donors (Lipinski definition) is 2. The van der Waals surface area contributed by atoms with Crippen LogP contribution in [0.15, 0.2) is 18.2 Å². The molecule has 0 saturated heterocycles. The number of rotatable bonds is 5. The van der Waals surface area contributed by atoms with E-state index in [1.54, 1.807) is 13.8 Å². The molecule has 1 aromatic carbocycles. The van der Waals surface area contributed by atoms with Crippen LogP contribution in [-0.4, -0.2) is 46.0 Å². The van der Waals surface area contributed by atoms with Crippen LogP contribution in [0.3, 0.4) is 0 Å². The van der Waals surface area contributed by atoms with Gasteiger partial charge in [0.05, 0.1) is 4.92 Å². The highest BCUT2D eigenvalue weighted by atomic mass is 16.6. The molecule has 0 atom stereocenters. The zero-order chi connectivity index (χ0) is 14.6. The third-order valence-electron chi connectivity index (χ3n) is 2.75. The number of amides is 1. The third-order valence-corrected chi connectivity index (χ3v) is 2.75. The number of benzene rings is 1. The Hall–Kier alpha value is -1.93. The highest BCUT2D eigenvalue weighted by molar-refractivity contribution is 6.58. The van der Waals surface area contributed by atoms with Gasteiger partial charge < -0.3 is 14.9 Å². The second kappa shape index (κ2) is 6.30. The molecule has 0 fully saturated rings. The maximum atomic E-state index is 12.1. The van der Waals surface area contributed by atoms with Crippen LogP contribution in [-0.2, 0) is 0 Å². The number of carbonyl (C=O) groups excluding carboxylic acids is 1. The molecule has 19 heavy (non-hydrogen) atoms. The standard InChI is InChI=1S/C11H15BN2O5/c1-3-13(4-2)11(15)8-5-9(12(16)17)7-10(6-8)14(18)19/h5-7,16-17H,3-4H2,1-2H3. The van der Waals surface area contributed by atoms with Crippen LogP contribution in [0.1, 0.15) is 24.2 Å². The van der Waals surface area contributed by atoms with Gasteiger partial charge in [-0.05, 0) is 25.4 Å². The van der Waals surface area contributed by atoms with Crippen molar-refractivity contribution < 1.29 is 19.8 Å². The summed E-state index contributed by atoms with van der Waals surface area (Å²) in [6.45, 7) is 4.52. The van der Waals surface area contributed by atoms with Crippen molar-refractivity contribution in [3.63, 3.8) is 0 Å². The summed E-state index contributed by atoms with van der Waals surface area (Å²) in [5.74, 6) is -0.379. The van der Waals surface area contributed by atoms with Crippen LogP contribution in [0.2, 0.25) is 0 Å². The lowest BCUT2D eigenvalue weighted by Crippen LogP contribution is -2.34. The quantitative estimate of drug-likeness (QED) is 0.434. The smallest absolute Gasteiger partial charge is 0.423 e. The molecule has 0 spiro atoms. The zero-order valence-electron chi connectivity index (χ0n) is 10.7. The van der Waals surface area contributed by atoms with Crippen LogP contribution in [0.4, 0.5) is 5.69 Å². The average Bonchev–Trinajstić information content (AvgIpc) is 2.39. The van der Waals surface area contributed by atoms with E-state index >= 15 is 0 Å². The minimum absolute atomic E-state index is 0.0704. The number of carbonyl (C=O) groups is 1. The Morgan fingerprint density at radius 1 is 1.32 bits per heavy atom. The van der Waals surface area contributed by atoms with E-state index in [9.17, 15) is 14.9 Å². The van der Waals surface area contributed by atoms with E-state index in [1.807, 2.05) is 0 Å². The number of nitrogens with zero attached hydrogens (tertiary/aromatic N) is 2. The maximum Gasteiger partial charge on any atom is 0.488 e. The topological polar surface area (TPSA) is 104 Å². The molecule has 0 aliphatic rings. The molecule has 1 amide bonds. The second-order valence-electron chi connectivity index (χ2n) is 3.92. The lowest BCUT2D eigenvalue weighted by molar-refractivity contribution is -0.384. The number of non-ortho nitro benzene ring substituents is 1. The molecule has 2 N–H and O–H groups in total. The fourth-order valence-electron chi connectivity index (χ4n) is 1.71. The third kappa shape index (κ3) is 3.52. The van der Waals surface area contributed by atoms with E-state index in [2.05, 4.69) is 0 Å². The van der Waals surface area contributed by atoms with Gasteiger partial charge in [0.2, 0.25) is 0 Å². The molecule has 0 aliphatic carbocycles. The minimum Gasteiger partial charge on any atom is -0.423 e. The van der Waals surface area contributed by atoms with Gasteiger partial charge >= 0.3 is 7.12 Å². The predicted molar refractivity (Wildman–Crippen MR) is 70.2 cm³/mol. The highest BCUT2D eigenvalue weighted by Crippen LogP contribution is 2.14. The Balaban J connectivity index is 3.26. The maximum absolute atomic E-state index is 12.1. The number of nitro groups is 1. The SMILES string of the molecule is CCN(CC)C(=O)c1cc(B(O)O)cc([N+](=O)[O-])c1. The van der Waals surface area contributed by atoms with Crippen LogP contribution in [0.5, 0.6) is 0 Å². The van der Waals surface area contributed by atoms with Crippen LogP contribution in [0, 0.1) is 10.1 Å². The molecule has 7 nitrogen and oxygen atoms in total. The summed E-state index contributed by atoms with van der Waals surface area (Å²) in [5, 5.41) is 29.0. The summed E-state index contributed by atoms with van der Waals surface area (Å²) in [6, 6.07) is 3.41. The van der Waals surface area contributed by atoms with Gasteiger partial charge in [-0.25, -0.2) is 0 Å². The molecule has 0 aromatic heterocycles. The fraction of sp³-hybridized carbons (Fsp3) is 0.364. The lowest BCUT2D eigenvalue weighted by atomic mass is 9.79. The van der Waals surface area contributed by atoms with E-state index in [4.69, 9.17) is 10.0 Å². The largest absolute Gasteiger partial charge is 0.488 e. The Morgan fingerprint density at radius 2 is 1.89 bits per heavy atom. The van der Waals surface area contributed by atoms with Gasteiger partial charge in [0.1, 0.15) is 0 Å². The summed E-state index contributed by atoms with van der Waals surface area (Å²) in [7, 11) is -1.86. The first-order chi connectivity index (χ1) is 8.90. The molecule has 0 saturated carbocycles. The van der Waals surface area contributed by atoms with E-state index < -0.39 is 12.0 Å². The molecule has 0 bridgehead atoms. The van der Waals surface area contributed by atoms with E-state index in [1.165, 1.54) is 11.0 Å². The van der Waals surface area contributed by atoms with Crippen molar-refractivity contribution in [2.75, 3.05) is 13.1 Å². The van der Waals surface area contributed by atoms with Crippen molar-refractivity contribution in [2.24, 2.45) is 0 Å². The molecule has 8 heteroatoms. The van der Waals surface area contributed by atoms with Crippen LogP contribution >= 0.6 is 0 Å². The Bertz CT molecular complexity index is 488. The molecular weight excluding hydrogens is 251 g/mol. The second-order valence-corrected chi connectivity index (χ2v) is 3.92. The van der Waals surface area contributed by atoms with Crippen molar-refractivity contribution in [1.82, 2.24) is 4.90 Å². The summed E-state index contributed by atoms with van der Waals surface area (Å²) in [5.41, 5.74) is -0.355. The highest BCUT2D eigenvalue weighted by Gasteiger charge is 2.22. The first-order valence-electron chi connectivity index (χ1n) is 5.85. The van der Waals surface area contributed by atoms with Gasteiger partial charge in [-0.2, -0.15) is 0 Å². The normalized spacial score (nSPS) is 10.1. The Morgan fingerprint density at radius 3 is 2.32 bits per heavy atom. The molecular formula is C11H15BN2O5. The van der Waals surface area contributed by atoms with Crippen LogP contribution in [0.25, 0.3) is 0 Å². The van der Waals surface area contributed by atoms with E-state index in [0.717, 1.165) is 12.1 Å². The minimum atomic E-state index is -1.86. The van der Waals surface area contributed by atoms with Crippen molar-refractivity contribution in [1.29, 1.82) is 0 Å². The molecule has 0 heterocycles. The molecule has 0 unspecified atom stereocenters. The predicted octanol–water partition coefficient (Wildman–Crippen LogP) is -0.243. The van der Waals surface area contributed by atoms with Gasteiger partial charge in [-0.15, -0.1) is 0 Å². The Kier molecular flexibility index (Phi) is 5.02. The van der Waals surface area contributed by atoms with E-state index in [0.29, 0.717) is 13.1 Å². The molecule has 0 radical (unpaired) electrons. The van der Waals surface area contributed by atoms with Crippen molar-refractivity contribution >= 4 is 24.2 Å². The summed E-state index contributed by atoms with van der Waals surface area (Å²) in [4.78, 5) is 23.7. The van der Waals surface area contributed by atoms with E-state index in [-0.39, 0.29) is 22.6 Å². The van der Waals surface area contributed by atoms with Gasteiger partial charge in [-0.3, -0.25) is 14.9 Å². The van der Waals surface area contributed by atoms with Crippen LogP contribution < -0.4 is 5.46 Å². The molecule has 0 aliphatic heterocycles. The summed E-state index contributed by atoms with van der Waals surface area (Å²) >= 11 is 0. The summed E-state index contributed by atoms with van der Waals surface area (Å²) in [6.07, 6.45) is 0. The van der Waals surface area contributed by atoms with Crippen molar-refractivity contribution in [3.05, 3.63) is 33.9 Å². The molecule has 1 aromatic rings. The van der Waals surface area contributed by atoms with Gasteiger partial charge in [0.25, 0.3) is 11.6 Å². The number of hydrogen-bond acceptors (Lipinski definition) is 5. The summed E-state index contributed by atoms with van der Waals surface area (Å²) < 4.78 is 0. The zero-order valence-corrected chi connectivity index (χ0v) is 10.7.